The van der Waals surface area contributed by atoms with Gasteiger partial charge in [0.2, 0.25) is 0 Å². The van der Waals surface area contributed by atoms with Gasteiger partial charge >= 0.3 is 6.09 Å². The molecule has 0 fully saturated rings. The molecule has 5 heteroatoms. The summed E-state index contributed by atoms with van der Waals surface area (Å²) in [4.78, 5) is 12.0. The van der Waals surface area contributed by atoms with Crippen LogP contribution in [0.5, 0.6) is 0 Å². The van der Waals surface area contributed by atoms with Crippen molar-refractivity contribution in [2.45, 2.75) is 13.0 Å². The topological polar surface area (TPSA) is 40.5 Å². The zero-order valence-electron chi connectivity index (χ0n) is 7.83. The van der Waals surface area contributed by atoms with Gasteiger partial charge in [0.05, 0.1) is 4.47 Å². The molecule has 1 aliphatic heterocycles. The van der Waals surface area contributed by atoms with Crippen LogP contribution in [-0.2, 0) is 13.0 Å². The smallest absolute Gasteiger partial charge is 0.407 e. The summed E-state index contributed by atoms with van der Waals surface area (Å²) in [5.74, 6) is -0.266. The lowest BCUT2D eigenvalue weighted by molar-refractivity contribution is 0.139. The maximum atomic E-state index is 13.6. The molecule has 0 atom stereocenters. The number of amides is 1. The maximum absolute atomic E-state index is 13.6. The highest BCUT2D eigenvalue weighted by atomic mass is 79.9. The van der Waals surface area contributed by atoms with Crippen molar-refractivity contribution in [2.24, 2.45) is 0 Å². The Kier molecular flexibility index (Phi) is 2.65. The lowest BCUT2D eigenvalue weighted by Crippen LogP contribution is -2.35. The number of carbonyl (C=O) groups is 1. The van der Waals surface area contributed by atoms with Crippen molar-refractivity contribution in [1.82, 2.24) is 4.90 Å². The van der Waals surface area contributed by atoms with E-state index in [1.807, 2.05) is 0 Å². The third kappa shape index (κ3) is 1.84. The summed E-state index contributed by atoms with van der Waals surface area (Å²) in [7, 11) is 0. The minimum absolute atomic E-state index is 0.266. The summed E-state index contributed by atoms with van der Waals surface area (Å²) in [6, 6.07) is 3.37. The molecular formula is C10H9BrFNO2. The molecule has 1 aliphatic rings. The fraction of sp³-hybridized carbons (Fsp3) is 0.300. The highest BCUT2D eigenvalue weighted by molar-refractivity contribution is 9.10. The van der Waals surface area contributed by atoms with Crippen LogP contribution in [0.25, 0.3) is 0 Å². The molecule has 0 saturated heterocycles. The molecule has 1 N–H and O–H groups in total. The van der Waals surface area contributed by atoms with Gasteiger partial charge in [0.15, 0.2) is 0 Å². The first kappa shape index (κ1) is 10.4. The highest BCUT2D eigenvalue weighted by Gasteiger charge is 2.22. The SMILES string of the molecule is O=C(O)N1CCc2c(ccc(Br)c2F)C1. The largest absolute Gasteiger partial charge is 0.465 e. The first-order valence-corrected chi connectivity index (χ1v) is 5.32. The van der Waals surface area contributed by atoms with Crippen molar-refractivity contribution >= 4 is 22.0 Å². The molecule has 2 rings (SSSR count). The third-order valence-electron chi connectivity index (χ3n) is 2.56. The van der Waals surface area contributed by atoms with Gasteiger partial charge in [-0.15, -0.1) is 0 Å². The van der Waals surface area contributed by atoms with E-state index in [9.17, 15) is 9.18 Å². The number of carboxylic acid groups (broad SMARTS) is 1. The van der Waals surface area contributed by atoms with Crippen LogP contribution in [0.2, 0.25) is 0 Å². The first-order chi connectivity index (χ1) is 7.09. The molecule has 0 unspecified atom stereocenters. The number of hydrogen-bond acceptors (Lipinski definition) is 1. The third-order valence-corrected chi connectivity index (χ3v) is 3.17. The number of rotatable bonds is 0. The number of fused-ring (bicyclic) bond motifs is 1. The van der Waals surface area contributed by atoms with Crippen molar-refractivity contribution < 1.29 is 14.3 Å². The molecule has 0 aromatic heterocycles. The van der Waals surface area contributed by atoms with Crippen molar-refractivity contribution in [3.63, 3.8) is 0 Å². The van der Waals surface area contributed by atoms with E-state index in [0.29, 0.717) is 23.0 Å². The zero-order chi connectivity index (χ0) is 11.0. The molecule has 1 heterocycles. The Morgan fingerprint density at radius 3 is 2.93 bits per heavy atom. The summed E-state index contributed by atoms with van der Waals surface area (Å²) in [5.41, 5.74) is 1.38. The van der Waals surface area contributed by atoms with Gasteiger partial charge in [-0.2, -0.15) is 0 Å². The average molecular weight is 274 g/mol. The van der Waals surface area contributed by atoms with E-state index < -0.39 is 6.09 Å². The van der Waals surface area contributed by atoms with Gasteiger partial charge in [-0.3, -0.25) is 0 Å². The first-order valence-electron chi connectivity index (χ1n) is 4.53. The molecule has 15 heavy (non-hydrogen) atoms. The summed E-state index contributed by atoms with van der Waals surface area (Å²) >= 11 is 3.11. The summed E-state index contributed by atoms with van der Waals surface area (Å²) in [5, 5.41) is 8.81. The van der Waals surface area contributed by atoms with Crippen molar-refractivity contribution in [3.05, 3.63) is 33.5 Å². The molecule has 1 aromatic rings. The minimum atomic E-state index is -0.955. The molecule has 0 aliphatic carbocycles. The Hall–Kier alpha value is -1.10. The van der Waals surface area contributed by atoms with Gasteiger partial charge in [0.1, 0.15) is 5.82 Å². The monoisotopic (exact) mass is 273 g/mol. The Bertz CT molecular complexity index is 422. The standard InChI is InChI=1S/C10H9BrFNO2/c11-8-2-1-6-5-13(10(14)15)4-3-7(6)9(8)12/h1-2H,3-5H2,(H,14,15). The molecule has 0 spiro atoms. The van der Waals surface area contributed by atoms with Crippen LogP contribution >= 0.6 is 15.9 Å². The van der Waals surface area contributed by atoms with Gasteiger partial charge < -0.3 is 10.0 Å². The van der Waals surface area contributed by atoms with Gasteiger partial charge in [-0.05, 0) is 39.5 Å². The predicted octanol–water partition coefficient (Wildman–Crippen LogP) is 2.62. The quantitative estimate of drug-likeness (QED) is 0.790. The van der Waals surface area contributed by atoms with Crippen molar-refractivity contribution in [1.29, 1.82) is 0 Å². The van der Waals surface area contributed by atoms with Crippen molar-refractivity contribution in [2.75, 3.05) is 6.54 Å². The summed E-state index contributed by atoms with van der Waals surface area (Å²) in [6.07, 6.45) is -0.517. The molecule has 1 amide bonds. The lowest BCUT2D eigenvalue weighted by Gasteiger charge is -2.26. The van der Waals surface area contributed by atoms with E-state index in [1.165, 1.54) is 4.90 Å². The number of hydrogen-bond donors (Lipinski definition) is 1. The molecule has 1 aromatic carbocycles. The van der Waals surface area contributed by atoms with Crippen LogP contribution in [0, 0.1) is 5.82 Å². The van der Waals surface area contributed by atoms with Gasteiger partial charge in [-0.25, -0.2) is 9.18 Å². The molecule has 0 radical (unpaired) electrons. The van der Waals surface area contributed by atoms with E-state index in [0.717, 1.165) is 5.56 Å². The Morgan fingerprint density at radius 2 is 2.27 bits per heavy atom. The van der Waals surface area contributed by atoms with E-state index >= 15 is 0 Å². The Balaban J connectivity index is 2.36. The predicted molar refractivity (Wildman–Crippen MR) is 56.2 cm³/mol. The second kappa shape index (κ2) is 3.81. The van der Waals surface area contributed by atoms with Crippen LogP contribution in [0.1, 0.15) is 11.1 Å². The summed E-state index contributed by atoms with van der Waals surface area (Å²) in [6.45, 7) is 0.630. The molecular weight excluding hydrogens is 265 g/mol. The van der Waals surface area contributed by atoms with Crippen LogP contribution in [0.15, 0.2) is 16.6 Å². The van der Waals surface area contributed by atoms with Gasteiger partial charge in [0, 0.05) is 13.1 Å². The Morgan fingerprint density at radius 1 is 1.53 bits per heavy atom. The van der Waals surface area contributed by atoms with Crippen molar-refractivity contribution in [3.8, 4) is 0 Å². The van der Waals surface area contributed by atoms with E-state index in [2.05, 4.69) is 15.9 Å². The number of benzene rings is 1. The second-order valence-corrected chi connectivity index (χ2v) is 4.31. The van der Waals surface area contributed by atoms with Gasteiger partial charge in [-0.1, -0.05) is 6.07 Å². The average Bonchev–Trinajstić information content (AvgIpc) is 2.23. The Labute approximate surface area is 94.6 Å². The normalized spacial score (nSPS) is 14.9. The van der Waals surface area contributed by atoms with Crippen LogP contribution in [0.3, 0.4) is 0 Å². The minimum Gasteiger partial charge on any atom is -0.465 e. The molecule has 0 saturated carbocycles. The van der Waals surface area contributed by atoms with Crippen LogP contribution in [0.4, 0.5) is 9.18 Å². The maximum Gasteiger partial charge on any atom is 0.407 e. The lowest BCUT2D eigenvalue weighted by atomic mass is 9.99. The van der Waals surface area contributed by atoms with Crippen LogP contribution in [-0.4, -0.2) is 22.6 Å². The zero-order valence-corrected chi connectivity index (χ0v) is 9.42. The molecule has 80 valence electrons. The highest BCUT2D eigenvalue weighted by Crippen LogP contribution is 2.26. The fourth-order valence-corrected chi connectivity index (χ4v) is 2.12. The van der Waals surface area contributed by atoms with E-state index in [1.54, 1.807) is 12.1 Å². The number of halogens is 2. The molecule has 0 bridgehead atoms. The second-order valence-electron chi connectivity index (χ2n) is 3.45. The summed E-state index contributed by atoms with van der Waals surface area (Å²) < 4.78 is 14.0. The van der Waals surface area contributed by atoms with E-state index in [-0.39, 0.29) is 12.4 Å². The number of nitrogens with zero attached hydrogens (tertiary/aromatic N) is 1. The van der Waals surface area contributed by atoms with Gasteiger partial charge in [0.25, 0.3) is 0 Å². The van der Waals surface area contributed by atoms with E-state index in [4.69, 9.17) is 5.11 Å². The molecule has 3 nitrogen and oxygen atoms in total. The van der Waals surface area contributed by atoms with Crippen LogP contribution < -0.4 is 0 Å². The fourth-order valence-electron chi connectivity index (χ4n) is 1.75.